The fourth-order valence-electron chi connectivity index (χ4n) is 2.68. The summed E-state index contributed by atoms with van der Waals surface area (Å²) in [4.78, 5) is 24.3. The molecule has 0 atom stereocenters. The molecule has 22 heavy (non-hydrogen) atoms. The highest BCUT2D eigenvalue weighted by Crippen LogP contribution is 2.28. The van der Waals surface area contributed by atoms with Crippen LogP contribution in [0.3, 0.4) is 0 Å². The van der Waals surface area contributed by atoms with E-state index in [2.05, 4.69) is 6.92 Å². The molecule has 1 aliphatic rings. The third-order valence-corrected chi connectivity index (χ3v) is 5.04. The molecule has 0 fully saturated rings. The van der Waals surface area contributed by atoms with Crippen LogP contribution < -0.4 is 0 Å². The number of carbonyl (C=O) groups excluding carboxylic acids is 2. The number of amides is 2. The molecule has 0 saturated carbocycles. The van der Waals surface area contributed by atoms with E-state index in [0.717, 1.165) is 12.2 Å². The van der Waals surface area contributed by atoms with Gasteiger partial charge in [0.1, 0.15) is 0 Å². The Labute approximate surface area is 137 Å². The molecule has 120 valence electrons. The van der Waals surface area contributed by atoms with Crippen LogP contribution in [0.5, 0.6) is 0 Å². The Bertz CT molecular complexity index is 481. The SMILES string of the molecule is CCCCCCCCCCSN1C(=O)c2ccccc2C1=O. The number of fused-ring (bicyclic) bond motifs is 1. The predicted molar refractivity (Wildman–Crippen MR) is 92.0 cm³/mol. The normalized spacial score (nSPS) is 13.8. The van der Waals surface area contributed by atoms with Gasteiger partial charge in [0, 0.05) is 5.75 Å². The van der Waals surface area contributed by atoms with Crippen molar-refractivity contribution in [3.63, 3.8) is 0 Å². The van der Waals surface area contributed by atoms with Crippen LogP contribution in [-0.2, 0) is 0 Å². The number of unbranched alkanes of at least 4 members (excludes halogenated alkanes) is 7. The van der Waals surface area contributed by atoms with Crippen LogP contribution >= 0.6 is 11.9 Å². The second-order valence-electron chi connectivity index (χ2n) is 5.76. The molecule has 1 aromatic carbocycles. The number of nitrogens with zero attached hydrogens (tertiary/aromatic N) is 1. The van der Waals surface area contributed by atoms with Crippen molar-refractivity contribution >= 4 is 23.8 Å². The molecule has 0 radical (unpaired) electrons. The standard InChI is InChI=1S/C18H25NO2S/c1-2-3-4-5-6-7-8-11-14-22-19-17(20)15-12-9-10-13-16(15)18(19)21/h9-10,12-13H,2-8,11,14H2,1H3. The van der Waals surface area contributed by atoms with E-state index in [9.17, 15) is 9.59 Å². The summed E-state index contributed by atoms with van der Waals surface area (Å²) in [5, 5.41) is 0. The van der Waals surface area contributed by atoms with Crippen LogP contribution in [0, 0.1) is 0 Å². The summed E-state index contributed by atoms with van der Waals surface area (Å²) >= 11 is 1.36. The Morgan fingerprint density at radius 1 is 0.818 bits per heavy atom. The molecule has 1 aromatic rings. The van der Waals surface area contributed by atoms with Crippen LogP contribution in [0.1, 0.15) is 79.0 Å². The van der Waals surface area contributed by atoms with Crippen LogP contribution in [0.2, 0.25) is 0 Å². The first-order chi connectivity index (χ1) is 10.8. The molecule has 0 aliphatic carbocycles. The highest BCUT2D eigenvalue weighted by Gasteiger charge is 2.35. The lowest BCUT2D eigenvalue weighted by molar-refractivity contribution is 0.0777. The Morgan fingerprint density at radius 2 is 1.32 bits per heavy atom. The molecule has 0 aromatic heterocycles. The van der Waals surface area contributed by atoms with E-state index >= 15 is 0 Å². The molecule has 2 rings (SSSR count). The predicted octanol–water partition coefficient (Wildman–Crippen LogP) is 5.07. The van der Waals surface area contributed by atoms with Crippen molar-refractivity contribution in [2.75, 3.05) is 5.75 Å². The molecule has 0 unspecified atom stereocenters. The largest absolute Gasteiger partial charge is 0.271 e. The van der Waals surface area contributed by atoms with E-state index in [1.807, 2.05) is 0 Å². The average Bonchev–Trinajstić information content (AvgIpc) is 2.78. The molecular formula is C18H25NO2S. The number of rotatable bonds is 10. The van der Waals surface area contributed by atoms with Crippen LogP contribution in [-0.4, -0.2) is 21.9 Å². The Morgan fingerprint density at radius 3 is 1.86 bits per heavy atom. The number of hydrogen-bond donors (Lipinski definition) is 0. The van der Waals surface area contributed by atoms with Crippen molar-refractivity contribution in [2.24, 2.45) is 0 Å². The first-order valence-corrected chi connectivity index (χ1v) is 9.30. The summed E-state index contributed by atoms with van der Waals surface area (Å²) in [6.07, 6.45) is 10.1. The fraction of sp³-hybridized carbons (Fsp3) is 0.556. The molecule has 0 N–H and O–H groups in total. The van der Waals surface area contributed by atoms with Gasteiger partial charge in [-0.2, -0.15) is 0 Å². The highest BCUT2D eigenvalue weighted by molar-refractivity contribution is 7.98. The monoisotopic (exact) mass is 319 g/mol. The maximum absolute atomic E-state index is 12.2. The zero-order valence-electron chi connectivity index (χ0n) is 13.3. The zero-order chi connectivity index (χ0) is 15.8. The number of hydrogen-bond acceptors (Lipinski definition) is 3. The minimum atomic E-state index is -0.162. The van der Waals surface area contributed by atoms with Crippen LogP contribution in [0.4, 0.5) is 0 Å². The Balaban J connectivity index is 1.63. The minimum Gasteiger partial charge on any atom is -0.268 e. The van der Waals surface area contributed by atoms with Gasteiger partial charge in [0.2, 0.25) is 0 Å². The van der Waals surface area contributed by atoms with E-state index in [1.165, 1.54) is 61.2 Å². The van der Waals surface area contributed by atoms with E-state index in [-0.39, 0.29) is 11.8 Å². The Hall–Kier alpha value is -1.29. The van der Waals surface area contributed by atoms with Crippen molar-refractivity contribution in [1.82, 2.24) is 4.31 Å². The Kier molecular flexibility index (Phi) is 6.97. The lowest BCUT2D eigenvalue weighted by atomic mass is 10.1. The summed E-state index contributed by atoms with van der Waals surface area (Å²) in [6.45, 7) is 2.23. The molecule has 3 nitrogen and oxygen atoms in total. The van der Waals surface area contributed by atoms with E-state index in [4.69, 9.17) is 0 Å². The van der Waals surface area contributed by atoms with Crippen molar-refractivity contribution in [1.29, 1.82) is 0 Å². The molecule has 1 aliphatic heterocycles. The summed E-state index contributed by atoms with van der Waals surface area (Å²) in [7, 11) is 0. The van der Waals surface area contributed by atoms with Gasteiger partial charge in [-0.15, -0.1) is 0 Å². The molecule has 0 bridgehead atoms. The van der Waals surface area contributed by atoms with Crippen LogP contribution in [0.15, 0.2) is 24.3 Å². The lowest BCUT2D eigenvalue weighted by Crippen LogP contribution is -2.22. The molecule has 4 heteroatoms. The van der Waals surface area contributed by atoms with Gasteiger partial charge in [-0.05, 0) is 30.5 Å². The van der Waals surface area contributed by atoms with E-state index < -0.39 is 0 Å². The smallest absolute Gasteiger partial charge is 0.268 e. The maximum atomic E-state index is 12.2. The topological polar surface area (TPSA) is 37.4 Å². The molecule has 0 saturated heterocycles. The second kappa shape index (κ2) is 8.99. The fourth-order valence-corrected chi connectivity index (χ4v) is 3.62. The highest BCUT2D eigenvalue weighted by atomic mass is 32.2. The van der Waals surface area contributed by atoms with Gasteiger partial charge in [0.25, 0.3) is 11.8 Å². The molecular weight excluding hydrogens is 294 g/mol. The molecule has 1 heterocycles. The number of benzene rings is 1. The van der Waals surface area contributed by atoms with Crippen molar-refractivity contribution in [2.45, 2.75) is 58.3 Å². The van der Waals surface area contributed by atoms with Gasteiger partial charge >= 0.3 is 0 Å². The quantitative estimate of drug-likeness (QED) is 0.343. The minimum absolute atomic E-state index is 0.162. The zero-order valence-corrected chi connectivity index (χ0v) is 14.2. The number of carbonyl (C=O) groups is 2. The molecule has 2 amide bonds. The van der Waals surface area contributed by atoms with Crippen LogP contribution in [0.25, 0.3) is 0 Å². The first-order valence-electron chi connectivity index (χ1n) is 8.36. The summed E-state index contributed by atoms with van der Waals surface area (Å²) in [5.74, 6) is 0.510. The van der Waals surface area contributed by atoms with Gasteiger partial charge < -0.3 is 0 Å². The number of imide groups is 1. The summed E-state index contributed by atoms with van der Waals surface area (Å²) in [5.41, 5.74) is 1.08. The van der Waals surface area contributed by atoms with Gasteiger partial charge in [0.05, 0.1) is 11.1 Å². The third-order valence-electron chi connectivity index (χ3n) is 3.98. The van der Waals surface area contributed by atoms with Gasteiger partial charge in [0.15, 0.2) is 0 Å². The second-order valence-corrected chi connectivity index (χ2v) is 6.79. The lowest BCUT2D eigenvalue weighted by Gasteiger charge is -2.11. The average molecular weight is 319 g/mol. The van der Waals surface area contributed by atoms with Crippen molar-refractivity contribution < 1.29 is 9.59 Å². The third kappa shape index (κ3) is 4.35. The van der Waals surface area contributed by atoms with Crippen molar-refractivity contribution in [3.05, 3.63) is 35.4 Å². The van der Waals surface area contributed by atoms with Gasteiger partial charge in [-0.25, -0.2) is 4.31 Å². The molecule has 0 spiro atoms. The van der Waals surface area contributed by atoms with Gasteiger partial charge in [-0.3, -0.25) is 9.59 Å². The first kappa shape index (κ1) is 17.1. The van der Waals surface area contributed by atoms with Crippen molar-refractivity contribution in [3.8, 4) is 0 Å². The van der Waals surface area contributed by atoms with E-state index in [0.29, 0.717) is 11.1 Å². The van der Waals surface area contributed by atoms with E-state index in [1.54, 1.807) is 24.3 Å². The van der Waals surface area contributed by atoms with Gasteiger partial charge in [-0.1, -0.05) is 64.0 Å². The maximum Gasteiger partial charge on any atom is 0.271 e. The summed E-state index contributed by atoms with van der Waals surface area (Å²) < 4.78 is 1.33. The summed E-state index contributed by atoms with van der Waals surface area (Å²) in [6, 6.07) is 7.06.